The lowest BCUT2D eigenvalue weighted by Gasteiger charge is -2.44. The first-order valence-corrected chi connectivity index (χ1v) is 10.3. The molecule has 0 unspecified atom stereocenters. The van der Waals surface area contributed by atoms with Crippen LogP contribution < -0.4 is 4.74 Å². The molecule has 1 fully saturated rings. The SMILES string of the molecule is COCc1ccccc1C(=O)N1CCC2(CC1)Oc1ccccc1-c1c2cnn1C. The number of piperidine rings is 1. The zero-order valence-corrected chi connectivity index (χ0v) is 17.3. The van der Waals surface area contributed by atoms with Crippen LogP contribution in [-0.4, -0.2) is 40.8 Å². The van der Waals surface area contributed by atoms with E-state index in [1.165, 1.54) is 0 Å². The maximum absolute atomic E-state index is 13.2. The van der Waals surface area contributed by atoms with Gasteiger partial charge in [-0.05, 0) is 23.8 Å². The Morgan fingerprint density at radius 2 is 1.87 bits per heavy atom. The molecule has 3 heterocycles. The van der Waals surface area contributed by atoms with Gasteiger partial charge in [-0.1, -0.05) is 30.3 Å². The van der Waals surface area contributed by atoms with Crippen molar-refractivity contribution in [2.45, 2.75) is 25.0 Å². The minimum Gasteiger partial charge on any atom is -0.482 e. The highest BCUT2D eigenvalue weighted by molar-refractivity contribution is 5.95. The molecule has 5 rings (SSSR count). The van der Waals surface area contributed by atoms with Crippen LogP contribution >= 0.6 is 0 Å². The number of amides is 1. The number of hydrogen-bond acceptors (Lipinski definition) is 4. The molecular weight excluding hydrogens is 378 g/mol. The number of rotatable bonds is 3. The standard InChI is InChI=1S/C24H25N3O3/c1-26-22-19-9-5-6-10-21(19)30-24(20(22)15-25-26)11-13-27(14-12-24)23(28)18-8-4-3-7-17(18)16-29-2/h3-10,15H,11-14,16H2,1-2H3. The summed E-state index contributed by atoms with van der Waals surface area (Å²) in [7, 11) is 3.62. The van der Waals surface area contributed by atoms with Crippen LogP contribution in [0.15, 0.2) is 54.7 Å². The van der Waals surface area contributed by atoms with E-state index in [4.69, 9.17) is 9.47 Å². The number of benzene rings is 2. The molecule has 2 aliphatic rings. The van der Waals surface area contributed by atoms with Gasteiger partial charge in [0, 0.05) is 56.8 Å². The quantitative estimate of drug-likeness (QED) is 0.668. The van der Waals surface area contributed by atoms with E-state index in [0.717, 1.165) is 41.0 Å². The smallest absolute Gasteiger partial charge is 0.254 e. The van der Waals surface area contributed by atoms with Crippen molar-refractivity contribution in [2.75, 3.05) is 20.2 Å². The number of aryl methyl sites for hydroxylation is 1. The Hall–Kier alpha value is -3.12. The van der Waals surface area contributed by atoms with Gasteiger partial charge in [0.05, 0.1) is 18.5 Å². The average Bonchev–Trinajstić information content (AvgIpc) is 3.17. The third kappa shape index (κ3) is 2.91. The molecule has 1 saturated heterocycles. The second-order valence-corrected chi connectivity index (χ2v) is 8.01. The second kappa shape index (κ2) is 7.29. The van der Waals surface area contributed by atoms with Crippen molar-refractivity contribution in [1.29, 1.82) is 0 Å². The fraction of sp³-hybridized carbons (Fsp3) is 0.333. The molecule has 0 saturated carbocycles. The highest BCUT2D eigenvalue weighted by Gasteiger charge is 2.45. The number of aromatic nitrogens is 2. The molecule has 2 aromatic carbocycles. The van der Waals surface area contributed by atoms with Gasteiger partial charge in [-0.3, -0.25) is 9.48 Å². The lowest BCUT2D eigenvalue weighted by molar-refractivity contribution is -0.00181. The predicted octanol–water partition coefficient (Wildman–Crippen LogP) is 3.76. The van der Waals surface area contributed by atoms with E-state index >= 15 is 0 Å². The van der Waals surface area contributed by atoms with Crippen molar-refractivity contribution in [2.24, 2.45) is 7.05 Å². The van der Waals surface area contributed by atoms with Crippen LogP contribution in [0.1, 0.15) is 34.3 Å². The molecule has 0 aliphatic carbocycles. The number of carbonyl (C=O) groups is 1. The van der Waals surface area contributed by atoms with Gasteiger partial charge in [-0.15, -0.1) is 0 Å². The first-order valence-electron chi connectivity index (χ1n) is 10.3. The number of likely N-dealkylation sites (tertiary alicyclic amines) is 1. The molecule has 2 aliphatic heterocycles. The normalized spacial score (nSPS) is 16.7. The molecule has 1 amide bonds. The van der Waals surface area contributed by atoms with E-state index in [9.17, 15) is 4.79 Å². The van der Waals surface area contributed by atoms with E-state index in [0.29, 0.717) is 25.3 Å². The summed E-state index contributed by atoms with van der Waals surface area (Å²) in [5, 5.41) is 4.52. The van der Waals surface area contributed by atoms with Gasteiger partial charge < -0.3 is 14.4 Å². The number of carbonyl (C=O) groups excluding carboxylic acids is 1. The zero-order valence-electron chi connectivity index (χ0n) is 17.3. The van der Waals surface area contributed by atoms with E-state index < -0.39 is 5.60 Å². The molecule has 154 valence electrons. The minimum absolute atomic E-state index is 0.0557. The predicted molar refractivity (Wildman–Crippen MR) is 113 cm³/mol. The summed E-state index contributed by atoms with van der Waals surface area (Å²) < 4.78 is 13.8. The van der Waals surface area contributed by atoms with Crippen LogP contribution in [-0.2, 0) is 24.0 Å². The van der Waals surface area contributed by atoms with Crippen molar-refractivity contribution in [3.63, 3.8) is 0 Å². The van der Waals surface area contributed by atoms with Crippen molar-refractivity contribution >= 4 is 5.91 Å². The van der Waals surface area contributed by atoms with Gasteiger partial charge in [0.15, 0.2) is 0 Å². The zero-order chi connectivity index (χ0) is 20.7. The van der Waals surface area contributed by atoms with Gasteiger partial charge in [0.25, 0.3) is 5.91 Å². The third-order valence-electron chi connectivity index (χ3n) is 6.28. The second-order valence-electron chi connectivity index (χ2n) is 8.01. The summed E-state index contributed by atoms with van der Waals surface area (Å²) >= 11 is 0. The monoisotopic (exact) mass is 403 g/mol. The Labute approximate surface area is 176 Å². The summed E-state index contributed by atoms with van der Waals surface area (Å²) in [5.41, 5.74) is 4.50. The number of para-hydroxylation sites is 1. The Bertz CT molecular complexity index is 1100. The van der Waals surface area contributed by atoms with Crippen molar-refractivity contribution < 1.29 is 14.3 Å². The average molecular weight is 403 g/mol. The fourth-order valence-corrected chi connectivity index (χ4v) is 4.73. The largest absolute Gasteiger partial charge is 0.482 e. The lowest BCUT2D eigenvalue weighted by atomic mass is 9.81. The van der Waals surface area contributed by atoms with Gasteiger partial charge in [-0.2, -0.15) is 5.10 Å². The van der Waals surface area contributed by atoms with Crippen molar-refractivity contribution in [3.8, 4) is 17.0 Å². The Morgan fingerprint density at radius 1 is 1.13 bits per heavy atom. The highest BCUT2D eigenvalue weighted by atomic mass is 16.5. The maximum atomic E-state index is 13.2. The number of hydrogen-bond donors (Lipinski definition) is 0. The summed E-state index contributed by atoms with van der Waals surface area (Å²) in [6, 6.07) is 15.8. The van der Waals surface area contributed by atoms with Crippen LogP contribution in [0, 0.1) is 0 Å². The lowest BCUT2D eigenvalue weighted by Crippen LogP contribution is -2.49. The van der Waals surface area contributed by atoms with E-state index in [1.54, 1.807) is 7.11 Å². The number of ether oxygens (including phenoxy) is 2. The first kappa shape index (κ1) is 18.9. The molecule has 6 heteroatoms. The number of methoxy groups -OCH3 is 1. The number of fused-ring (bicyclic) bond motifs is 4. The summed E-state index contributed by atoms with van der Waals surface area (Å²) in [6.07, 6.45) is 3.40. The molecule has 0 bridgehead atoms. The molecule has 0 radical (unpaired) electrons. The molecule has 3 aromatic rings. The van der Waals surface area contributed by atoms with E-state index in [-0.39, 0.29) is 5.91 Å². The van der Waals surface area contributed by atoms with Gasteiger partial charge in [0.2, 0.25) is 0 Å². The van der Waals surface area contributed by atoms with E-state index in [1.807, 2.05) is 65.3 Å². The summed E-state index contributed by atoms with van der Waals surface area (Å²) in [5.74, 6) is 0.943. The van der Waals surface area contributed by atoms with Crippen LogP contribution in [0.4, 0.5) is 0 Å². The molecule has 30 heavy (non-hydrogen) atoms. The first-order chi connectivity index (χ1) is 14.6. The van der Waals surface area contributed by atoms with Crippen LogP contribution in [0.2, 0.25) is 0 Å². The van der Waals surface area contributed by atoms with Crippen LogP contribution in [0.3, 0.4) is 0 Å². The van der Waals surface area contributed by atoms with Gasteiger partial charge >= 0.3 is 0 Å². The van der Waals surface area contributed by atoms with Gasteiger partial charge in [-0.25, -0.2) is 0 Å². The minimum atomic E-state index is -0.444. The summed E-state index contributed by atoms with van der Waals surface area (Å²) in [6.45, 7) is 1.70. The Kier molecular flexibility index (Phi) is 4.59. The van der Waals surface area contributed by atoms with Crippen LogP contribution in [0.5, 0.6) is 5.75 Å². The molecule has 0 N–H and O–H groups in total. The van der Waals surface area contributed by atoms with Crippen molar-refractivity contribution in [1.82, 2.24) is 14.7 Å². The highest BCUT2D eigenvalue weighted by Crippen LogP contribution is 2.49. The van der Waals surface area contributed by atoms with Gasteiger partial charge in [0.1, 0.15) is 11.4 Å². The molecule has 1 aromatic heterocycles. The molecular formula is C24H25N3O3. The van der Waals surface area contributed by atoms with E-state index in [2.05, 4.69) is 11.2 Å². The molecule has 0 atom stereocenters. The topological polar surface area (TPSA) is 56.6 Å². The van der Waals surface area contributed by atoms with Crippen molar-refractivity contribution in [3.05, 3.63) is 71.4 Å². The maximum Gasteiger partial charge on any atom is 0.254 e. The molecule has 1 spiro atoms. The summed E-state index contributed by atoms with van der Waals surface area (Å²) in [4.78, 5) is 15.2. The molecule has 6 nitrogen and oxygen atoms in total. The van der Waals surface area contributed by atoms with Crippen LogP contribution in [0.25, 0.3) is 11.3 Å². The third-order valence-corrected chi connectivity index (χ3v) is 6.28. The Balaban J connectivity index is 1.42. The Morgan fingerprint density at radius 3 is 2.67 bits per heavy atom. The number of nitrogens with zero attached hydrogens (tertiary/aromatic N) is 3. The fourth-order valence-electron chi connectivity index (χ4n) is 4.73.